The molecule has 0 aromatic rings. The third kappa shape index (κ3) is 21.3. The highest BCUT2D eigenvalue weighted by atomic mass is 16.7. The Hall–Kier alpha value is -1.79. The van der Waals surface area contributed by atoms with E-state index in [0.717, 1.165) is 38.5 Å². The van der Waals surface area contributed by atoms with Crippen LogP contribution in [0.15, 0.2) is 0 Å². The molecule has 11 heteroatoms. The first-order chi connectivity index (χ1) is 23.2. The van der Waals surface area contributed by atoms with Crippen molar-refractivity contribution >= 4 is 17.9 Å². The van der Waals surface area contributed by atoms with Gasteiger partial charge in [-0.05, 0) is 12.8 Å². The van der Waals surface area contributed by atoms with Crippen molar-refractivity contribution in [3.63, 3.8) is 0 Å². The van der Waals surface area contributed by atoms with E-state index in [1.165, 1.54) is 89.9 Å². The Morgan fingerprint density at radius 2 is 0.979 bits per heavy atom. The van der Waals surface area contributed by atoms with Crippen LogP contribution in [0.25, 0.3) is 0 Å². The fourth-order valence-corrected chi connectivity index (χ4v) is 5.88. The summed E-state index contributed by atoms with van der Waals surface area (Å²) in [6.07, 6.45) is 16.0. The van der Waals surface area contributed by atoms with Gasteiger partial charge in [-0.3, -0.25) is 9.59 Å². The second-order valence-corrected chi connectivity index (χ2v) is 13.4. The molecule has 1 aliphatic heterocycles. The molecule has 4 N–H and O–H groups in total. The van der Waals surface area contributed by atoms with Gasteiger partial charge in [0, 0.05) is 12.8 Å². The number of hydrogen-bond donors (Lipinski definition) is 4. The Morgan fingerprint density at radius 1 is 0.562 bits per heavy atom. The molecule has 0 spiro atoms. The minimum absolute atomic E-state index is 0.189. The summed E-state index contributed by atoms with van der Waals surface area (Å²) in [6, 6.07) is 0. The zero-order chi connectivity index (χ0) is 35.4. The van der Waals surface area contributed by atoms with E-state index < -0.39 is 54.7 Å². The average Bonchev–Trinajstić information content (AvgIpc) is 3.06. The molecule has 6 atom stereocenters. The highest BCUT2D eigenvalue weighted by Crippen LogP contribution is 2.23. The molecule has 48 heavy (non-hydrogen) atoms. The van der Waals surface area contributed by atoms with Gasteiger partial charge in [-0.15, -0.1) is 0 Å². The molecule has 1 aliphatic rings. The lowest BCUT2D eigenvalue weighted by Gasteiger charge is -2.38. The molecule has 282 valence electrons. The molecular formula is C37H68O11. The molecule has 0 saturated carbocycles. The number of aliphatic hydroxyl groups is 3. The number of unbranched alkanes of at least 4 members (excludes halogenated alkanes) is 20. The summed E-state index contributed by atoms with van der Waals surface area (Å²) in [4.78, 5) is 36.5. The van der Waals surface area contributed by atoms with Crippen molar-refractivity contribution in [2.45, 2.75) is 205 Å². The molecule has 0 aromatic carbocycles. The Balaban J connectivity index is 2.44. The van der Waals surface area contributed by atoms with Gasteiger partial charge in [-0.2, -0.15) is 0 Å². The van der Waals surface area contributed by atoms with Crippen molar-refractivity contribution < 1.29 is 53.8 Å². The van der Waals surface area contributed by atoms with Crippen LogP contribution in [0.5, 0.6) is 0 Å². The number of ether oxygens (including phenoxy) is 4. The topological polar surface area (TPSA) is 169 Å². The van der Waals surface area contributed by atoms with Gasteiger partial charge in [0.05, 0.1) is 6.61 Å². The molecule has 0 amide bonds. The van der Waals surface area contributed by atoms with Gasteiger partial charge in [0.2, 0.25) is 0 Å². The SMILES string of the molecule is CCCCCCCCCCCCCCC(=O)OCC(COC1OC(C(=O)O)C(O)C(O)C1O)OC(=O)CCCCCCCCCCCC. The third-order valence-corrected chi connectivity index (χ3v) is 8.96. The van der Waals surface area contributed by atoms with Gasteiger partial charge in [0.1, 0.15) is 24.9 Å². The summed E-state index contributed by atoms with van der Waals surface area (Å²) in [7, 11) is 0. The van der Waals surface area contributed by atoms with E-state index in [-0.39, 0.29) is 26.1 Å². The molecule has 1 rings (SSSR count). The average molecular weight is 689 g/mol. The van der Waals surface area contributed by atoms with E-state index in [9.17, 15) is 34.8 Å². The predicted molar refractivity (Wildman–Crippen MR) is 183 cm³/mol. The van der Waals surface area contributed by atoms with Gasteiger partial charge in [-0.1, -0.05) is 142 Å². The smallest absolute Gasteiger partial charge is 0.335 e. The third-order valence-electron chi connectivity index (χ3n) is 8.96. The molecule has 0 bridgehead atoms. The molecular weight excluding hydrogens is 620 g/mol. The first kappa shape index (κ1) is 44.2. The number of aliphatic carboxylic acids is 1. The molecule has 6 unspecified atom stereocenters. The van der Waals surface area contributed by atoms with Crippen LogP contribution in [0.1, 0.15) is 168 Å². The fourth-order valence-electron chi connectivity index (χ4n) is 5.88. The highest BCUT2D eigenvalue weighted by molar-refractivity contribution is 5.73. The molecule has 0 aliphatic carbocycles. The van der Waals surface area contributed by atoms with Crippen molar-refractivity contribution in [3.05, 3.63) is 0 Å². The minimum Gasteiger partial charge on any atom is -0.479 e. The summed E-state index contributed by atoms with van der Waals surface area (Å²) in [5.74, 6) is -2.44. The summed E-state index contributed by atoms with van der Waals surface area (Å²) in [5, 5.41) is 39.6. The first-order valence-electron chi connectivity index (χ1n) is 19.1. The summed E-state index contributed by atoms with van der Waals surface area (Å²) >= 11 is 0. The Kier molecular flexibility index (Phi) is 26.7. The van der Waals surface area contributed by atoms with E-state index in [0.29, 0.717) is 12.8 Å². The van der Waals surface area contributed by atoms with Crippen LogP contribution >= 0.6 is 0 Å². The number of esters is 2. The van der Waals surface area contributed by atoms with Gasteiger partial charge in [-0.25, -0.2) is 4.79 Å². The zero-order valence-electron chi connectivity index (χ0n) is 30.0. The predicted octanol–water partition coefficient (Wildman–Crippen LogP) is 6.75. The van der Waals surface area contributed by atoms with Crippen LogP contribution in [0.2, 0.25) is 0 Å². The number of carboxylic acids is 1. The number of carbonyl (C=O) groups is 3. The lowest BCUT2D eigenvalue weighted by molar-refractivity contribution is -0.298. The summed E-state index contributed by atoms with van der Waals surface area (Å²) in [6.45, 7) is 3.77. The van der Waals surface area contributed by atoms with Crippen molar-refractivity contribution in [3.8, 4) is 0 Å². The van der Waals surface area contributed by atoms with Crippen molar-refractivity contribution in [2.24, 2.45) is 0 Å². The van der Waals surface area contributed by atoms with E-state index in [2.05, 4.69) is 13.8 Å². The Bertz CT molecular complexity index is 823. The minimum atomic E-state index is -1.85. The second kappa shape index (κ2) is 29.0. The van der Waals surface area contributed by atoms with Crippen molar-refractivity contribution in [2.75, 3.05) is 13.2 Å². The Morgan fingerprint density at radius 3 is 1.42 bits per heavy atom. The van der Waals surface area contributed by atoms with Crippen LogP contribution in [0, 0.1) is 0 Å². The number of carbonyl (C=O) groups excluding carboxylic acids is 2. The fraction of sp³-hybridized carbons (Fsp3) is 0.919. The largest absolute Gasteiger partial charge is 0.479 e. The number of rotatable bonds is 31. The van der Waals surface area contributed by atoms with Crippen molar-refractivity contribution in [1.29, 1.82) is 0 Å². The van der Waals surface area contributed by atoms with Gasteiger partial charge in [0.15, 0.2) is 18.5 Å². The molecule has 0 radical (unpaired) electrons. The normalized spacial score (nSPS) is 21.6. The maximum atomic E-state index is 12.6. The molecule has 1 saturated heterocycles. The van der Waals surface area contributed by atoms with Crippen LogP contribution in [-0.2, 0) is 33.3 Å². The van der Waals surface area contributed by atoms with Crippen molar-refractivity contribution in [1.82, 2.24) is 0 Å². The van der Waals surface area contributed by atoms with Gasteiger partial charge in [0.25, 0.3) is 0 Å². The lowest BCUT2D eigenvalue weighted by Crippen LogP contribution is -2.60. The Labute approximate surface area is 289 Å². The number of carboxylic acid groups (broad SMARTS) is 1. The molecule has 1 fully saturated rings. The lowest BCUT2D eigenvalue weighted by atomic mass is 9.99. The maximum absolute atomic E-state index is 12.6. The quantitative estimate of drug-likeness (QED) is 0.0449. The molecule has 0 aromatic heterocycles. The summed E-state index contributed by atoms with van der Waals surface area (Å²) < 4.78 is 21.6. The zero-order valence-corrected chi connectivity index (χ0v) is 30.0. The molecule has 11 nitrogen and oxygen atoms in total. The summed E-state index contributed by atoms with van der Waals surface area (Å²) in [5.41, 5.74) is 0. The molecule has 1 heterocycles. The van der Waals surface area contributed by atoms with Crippen LogP contribution in [0.3, 0.4) is 0 Å². The maximum Gasteiger partial charge on any atom is 0.335 e. The standard InChI is InChI=1S/C37H68O11/c1-3-5-7-9-11-13-15-16-18-19-21-23-25-30(38)45-27-29(28-46-37-34(42)32(40)33(41)35(48-37)36(43)44)47-31(39)26-24-22-20-17-14-12-10-8-6-4-2/h29,32-35,37,40-42H,3-28H2,1-2H3,(H,43,44). The van der Waals surface area contributed by atoms with Crippen LogP contribution < -0.4 is 0 Å². The second-order valence-electron chi connectivity index (χ2n) is 13.4. The monoisotopic (exact) mass is 688 g/mol. The number of aliphatic hydroxyl groups excluding tert-OH is 3. The van der Waals surface area contributed by atoms with E-state index in [1.807, 2.05) is 0 Å². The first-order valence-corrected chi connectivity index (χ1v) is 19.1. The van der Waals surface area contributed by atoms with E-state index in [4.69, 9.17) is 18.9 Å². The van der Waals surface area contributed by atoms with Crippen LogP contribution in [-0.4, -0.2) is 88.4 Å². The van der Waals surface area contributed by atoms with E-state index >= 15 is 0 Å². The van der Waals surface area contributed by atoms with Gasteiger partial charge >= 0.3 is 17.9 Å². The number of hydrogen-bond acceptors (Lipinski definition) is 10. The van der Waals surface area contributed by atoms with Gasteiger partial charge < -0.3 is 39.4 Å². The highest BCUT2D eigenvalue weighted by Gasteiger charge is 2.47. The van der Waals surface area contributed by atoms with Crippen LogP contribution in [0.4, 0.5) is 0 Å². The van der Waals surface area contributed by atoms with E-state index in [1.54, 1.807) is 0 Å².